The van der Waals surface area contributed by atoms with Crippen LogP contribution in [-0.4, -0.2) is 24.7 Å². The van der Waals surface area contributed by atoms with E-state index in [2.05, 4.69) is 68.7 Å². The van der Waals surface area contributed by atoms with E-state index in [-0.39, 0.29) is 6.04 Å². The van der Waals surface area contributed by atoms with Crippen LogP contribution in [0.1, 0.15) is 24.4 Å². The highest BCUT2D eigenvalue weighted by Crippen LogP contribution is 2.28. The van der Waals surface area contributed by atoms with Crippen LogP contribution in [0.2, 0.25) is 0 Å². The molecule has 0 fully saturated rings. The molecule has 0 bridgehead atoms. The first-order valence-corrected chi connectivity index (χ1v) is 11.0. The van der Waals surface area contributed by atoms with Crippen LogP contribution in [0.3, 0.4) is 0 Å². The van der Waals surface area contributed by atoms with Gasteiger partial charge >= 0.3 is 0 Å². The number of hydrogen-bond donors (Lipinski definition) is 1. The average molecular weight is 427 g/mol. The largest absolute Gasteiger partial charge is 0.363 e. The standard InChI is InChI=1S/C24H22N6S/c1-15(17-5-4-6-19(11-17)22-9-10-26-30(22)3)27-24-13-21(28-16(2)29-24)18-7-8-20-23(12-18)31-14-25-20/h4-15H,1-3H3,(H,27,28,29). The lowest BCUT2D eigenvalue weighted by Gasteiger charge is -2.17. The molecule has 0 saturated carbocycles. The first-order valence-electron chi connectivity index (χ1n) is 10.1. The molecule has 0 aliphatic carbocycles. The van der Waals surface area contributed by atoms with Gasteiger partial charge in [-0.15, -0.1) is 11.3 Å². The fourth-order valence-electron chi connectivity index (χ4n) is 3.73. The van der Waals surface area contributed by atoms with Gasteiger partial charge in [0.2, 0.25) is 0 Å². The highest BCUT2D eigenvalue weighted by Gasteiger charge is 2.12. The van der Waals surface area contributed by atoms with Crippen LogP contribution in [0.15, 0.2) is 66.3 Å². The van der Waals surface area contributed by atoms with Gasteiger partial charge in [0.15, 0.2) is 0 Å². The van der Waals surface area contributed by atoms with Crippen molar-refractivity contribution in [2.24, 2.45) is 7.05 Å². The molecule has 1 N–H and O–H groups in total. The molecule has 0 aliphatic rings. The van der Waals surface area contributed by atoms with Gasteiger partial charge in [-0.3, -0.25) is 4.68 Å². The first-order chi connectivity index (χ1) is 15.1. The quantitative estimate of drug-likeness (QED) is 0.394. The molecule has 5 aromatic rings. The molecule has 3 heterocycles. The molecule has 1 unspecified atom stereocenters. The first kappa shape index (κ1) is 19.4. The Morgan fingerprint density at radius 3 is 2.74 bits per heavy atom. The fourth-order valence-corrected chi connectivity index (χ4v) is 4.45. The third-order valence-corrected chi connectivity index (χ3v) is 6.12. The molecule has 31 heavy (non-hydrogen) atoms. The zero-order valence-electron chi connectivity index (χ0n) is 17.6. The van der Waals surface area contributed by atoms with E-state index in [1.165, 1.54) is 5.56 Å². The second-order valence-electron chi connectivity index (χ2n) is 7.55. The molecular weight excluding hydrogens is 404 g/mol. The van der Waals surface area contributed by atoms with Crippen LogP contribution < -0.4 is 5.32 Å². The third kappa shape index (κ3) is 3.92. The minimum atomic E-state index is 0.0827. The summed E-state index contributed by atoms with van der Waals surface area (Å²) < 4.78 is 3.04. The lowest BCUT2D eigenvalue weighted by atomic mass is 10.0. The van der Waals surface area contributed by atoms with Crippen LogP contribution in [0.4, 0.5) is 5.82 Å². The van der Waals surface area contributed by atoms with Crippen molar-refractivity contribution < 1.29 is 0 Å². The molecule has 6 nitrogen and oxygen atoms in total. The van der Waals surface area contributed by atoms with Gasteiger partial charge in [-0.25, -0.2) is 15.0 Å². The number of fused-ring (bicyclic) bond motifs is 1. The van der Waals surface area contributed by atoms with E-state index < -0.39 is 0 Å². The number of nitrogens with zero attached hydrogens (tertiary/aromatic N) is 5. The zero-order valence-corrected chi connectivity index (χ0v) is 18.4. The molecule has 7 heteroatoms. The number of aromatic nitrogens is 5. The normalized spacial score (nSPS) is 12.2. The number of thiazole rings is 1. The van der Waals surface area contributed by atoms with E-state index in [0.717, 1.165) is 44.4 Å². The predicted octanol–water partition coefficient (Wildman–Crippen LogP) is 5.64. The summed E-state index contributed by atoms with van der Waals surface area (Å²) in [7, 11) is 1.96. The molecule has 154 valence electrons. The van der Waals surface area contributed by atoms with Gasteiger partial charge in [0.05, 0.1) is 27.1 Å². The second kappa shape index (κ2) is 7.92. The summed E-state index contributed by atoms with van der Waals surface area (Å²) in [5, 5.41) is 7.83. The minimum Gasteiger partial charge on any atom is -0.363 e. The van der Waals surface area contributed by atoms with E-state index in [1.54, 1.807) is 11.3 Å². The summed E-state index contributed by atoms with van der Waals surface area (Å²) >= 11 is 1.64. The Balaban J connectivity index is 1.43. The van der Waals surface area contributed by atoms with E-state index in [9.17, 15) is 0 Å². The minimum absolute atomic E-state index is 0.0827. The van der Waals surface area contributed by atoms with Gasteiger partial charge < -0.3 is 5.32 Å². The maximum atomic E-state index is 4.66. The predicted molar refractivity (Wildman–Crippen MR) is 126 cm³/mol. The number of anilines is 1. The third-order valence-electron chi connectivity index (χ3n) is 5.33. The van der Waals surface area contributed by atoms with E-state index in [1.807, 2.05) is 48.6 Å². The summed E-state index contributed by atoms with van der Waals surface area (Å²) in [5.41, 5.74) is 8.27. The van der Waals surface area contributed by atoms with Crippen molar-refractivity contribution >= 4 is 27.4 Å². The summed E-state index contributed by atoms with van der Waals surface area (Å²) in [5.74, 6) is 1.55. The Morgan fingerprint density at radius 1 is 1.00 bits per heavy atom. The Labute approximate surface area is 184 Å². The van der Waals surface area contributed by atoms with Crippen molar-refractivity contribution in [3.05, 3.63) is 77.7 Å². The number of hydrogen-bond acceptors (Lipinski definition) is 6. The summed E-state index contributed by atoms with van der Waals surface area (Å²) in [6, 6.07) is 18.9. The maximum absolute atomic E-state index is 4.66. The lowest BCUT2D eigenvalue weighted by molar-refractivity contribution is 0.775. The summed E-state index contributed by atoms with van der Waals surface area (Å²) in [6.45, 7) is 4.07. The maximum Gasteiger partial charge on any atom is 0.130 e. The molecule has 1 atom stereocenters. The van der Waals surface area contributed by atoms with E-state index in [0.29, 0.717) is 0 Å². The Kier molecular flexibility index (Phi) is 4.95. The van der Waals surface area contributed by atoms with Crippen molar-refractivity contribution in [3.63, 3.8) is 0 Å². The van der Waals surface area contributed by atoms with Crippen LogP contribution in [0.5, 0.6) is 0 Å². The van der Waals surface area contributed by atoms with Crippen LogP contribution in [0, 0.1) is 6.92 Å². The topological polar surface area (TPSA) is 68.5 Å². The fraction of sp³-hybridized carbons (Fsp3) is 0.167. The van der Waals surface area contributed by atoms with Gasteiger partial charge in [-0.2, -0.15) is 5.10 Å². The molecule has 0 amide bonds. The number of aryl methyl sites for hydroxylation is 2. The number of nitrogens with one attached hydrogen (secondary N) is 1. The van der Waals surface area contributed by atoms with Gasteiger partial charge in [0, 0.05) is 36.5 Å². The molecule has 2 aromatic carbocycles. The van der Waals surface area contributed by atoms with Crippen LogP contribution in [0.25, 0.3) is 32.7 Å². The van der Waals surface area contributed by atoms with E-state index >= 15 is 0 Å². The van der Waals surface area contributed by atoms with E-state index in [4.69, 9.17) is 0 Å². The molecule has 0 radical (unpaired) electrons. The molecule has 3 aromatic heterocycles. The Hall–Kier alpha value is -3.58. The molecule has 5 rings (SSSR count). The van der Waals surface area contributed by atoms with Gasteiger partial charge in [-0.1, -0.05) is 24.3 Å². The monoisotopic (exact) mass is 426 g/mol. The Bertz CT molecular complexity index is 1370. The van der Waals surface area contributed by atoms with Crippen molar-refractivity contribution in [2.75, 3.05) is 5.32 Å². The summed E-state index contributed by atoms with van der Waals surface area (Å²) in [6.07, 6.45) is 1.82. The zero-order chi connectivity index (χ0) is 21.4. The van der Waals surface area contributed by atoms with Gasteiger partial charge in [-0.05, 0) is 43.7 Å². The average Bonchev–Trinajstić information content (AvgIpc) is 3.41. The van der Waals surface area contributed by atoms with Crippen molar-refractivity contribution in [3.8, 4) is 22.5 Å². The molecule has 0 aliphatic heterocycles. The Morgan fingerprint density at radius 2 is 1.90 bits per heavy atom. The molecular formula is C24H22N6S. The summed E-state index contributed by atoms with van der Waals surface area (Å²) in [4.78, 5) is 13.6. The second-order valence-corrected chi connectivity index (χ2v) is 8.44. The number of benzene rings is 2. The van der Waals surface area contributed by atoms with Crippen molar-refractivity contribution in [1.29, 1.82) is 0 Å². The number of rotatable bonds is 5. The smallest absolute Gasteiger partial charge is 0.130 e. The highest BCUT2D eigenvalue weighted by molar-refractivity contribution is 7.16. The van der Waals surface area contributed by atoms with Crippen molar-refractivity contribution in [2.45, 2.75) is 19.9 Å². The van der Waals surface area contributed by atoms with Crippen LogP contribution in [-0.2, 0) is 7.05 Å². The van der Waals surface area contributed by atoms with Gasteiger partial charge in [0.1, 0.15) is 11.6 Å². The molecule has 0 saturated heterocycles. The van der Waals surface area contributed by atoms with Crippen LogP contribution >= 0.6 is 11.3 Å². The molecule has 0 spiro atoms. The lowest BCUT2D eigenvalue weighted by Crippen LogP contribution is -2.09. The van der Waals surface area contributed by atoms with Gasteiger partial charge in [0.25, 0.3) is 0 Å². The van der Waals surface area contributed by atoms with Crippen molar-refractivity contribution in [1.82, 2.24) is 24.7 Å². The SMILES string of the molecule is Cc1nc(NC(C)c2cccc(-c3ccnn3C)c2)cc(-c2ccc3ncsc3c2)n1. The highest BCUT2D eigenvalue weighted by atomic mass is 32.1.